The Bertz CT molecular complexity index is 704. The van der Waals surface area contributed by atoms with Gasteiger partial charge in [0.05, 0.1) is 4.92 Å². The predicted octanol–water partition coefficient (Wildman–Crippen LogP) is 5.55. The summed E-state index contributed by atoms with van der Waals surface area (Å²) in [6.45, 7) is 3.60. The van der Waals surface area contributed by atoms with E-state index in [1.807, 2.05) is 19.1 Å². The van der Waals surface area contributed by atoms with E-state index >= 15 is 0 Å². The van der Waals surface area contributed by atoms with Crippen molar-refractivity contribution in [2.45, 2.75) is 19.2 Å². The number of aryl methyl sites for hydroxylation is 2. The third kappa shape index (κ3) is 3.54. The molecule has 0 amide bonds. The highest BCUT2D eigenvalue weighted by molar-refractivity contribution is 9.08. The maximum Gasteiger partial charge on any atom is 0.312 e. The monoisotopic (exact) mass is 369 g/mol. The zero-order valence-corrected chi connectivity index (χ0v) is 13.9. The quantitative estimate of drug-likeness (QED) is 0.402. The average Bonchev–Trinajstić information content (AvgIpc) is 2.41. The van der Waals surface area contributed by atoms with Crippen LogP contribution in [0.15, 0.2) is 30.3 Å². The van der Waals surface area contributed by atoms with E-state index in [-0.39, 0.29) is 11.4 Å². The van der Waals surface area contributed by atoms with Crippen LogP contribution in [0.25, 0.3) is 0 Å². The van der Waals surface area contributed by atoms with Crippen molar-refractivity contribution in [1.82, 2.24) is 0 Å². The zero-order valence-electron chi connectivity index (χ0n) is 11.5. The molecule has 4 nitrogen and oxygen atoms in total. The number of alkyl halides is 1. The molecule has 0 aliphatic rings. The molecule has 2 aromatic rings. The van der Waals surface area contributed by atoms with Crippen LogP contribution >= 0.6 is 27.5 Å². The fourth-order valence-electron chi connectivity index (χ4n) is 2.04. The van der Waals surface area contributed by atoms with Crippen molar-refractivity contribution < 1.29 is 9.66 Å². The summed E-state index contributed by atoms with van der Waals surface area (Å²) in [6.07, 6.45) is 0. The van der Waals surface area contributed by atoms with Gasteiger partial charge in [-0.2, -0.15) is 0 Å². The Balaban J connectivity index is 2.54. The van der Waals surface area contributed by atoms with Crippen LogP contribution in [-0.2, 0) is 5.33 Å². The van der Waals surface area contributed by atoms with Crippen LogP contribution in [0.4, 0.5) is 5.69 Å². The predicted molar refractivity (Wildman–Crippen MR) is 86.7 cm³/mol. The highest BCUT2D eigenvalue weighted by atomic mass is 79.9. The highest BCUT2D eigenvalue weighted by Gasteiger charge is 2.20. The van der Waals surface area contributed by atoms with Gasteiger partial charge in [0, 0.05) is 22.0 Å². The van der Waals surface area contributed by atoms with E-state index in [2.05, 4.69) is 15.9 Å². The largest absolute Gasteiger partial charge is 0.449 e. The number of benzene rings is 2. The molecule has 21 heavy (non-hydrogen) atoms. The number of rotatable bonds is 4. The van der Waals surface area contributed by atoms with Crippen molar-refractivity contribution in [2.24, 2.45) is 0 Å². The molecule has 0 spiro atoms. The van der Waals surface area contributed by atoms with E-state index in [0.717, 1.165) is 11.1 Å². The molecule has 0 aromatic heterocycles. The van der Waals surface area contributed by atoms with E-state index in [9.17, 15) is 10.1 Å². The Labute approximate surface area is 136 Å². The lowest BCUT2D eigenvalue weighted by Crippen LogP contribution is -1.98. The van der Waals surface area contributed by atoms with Gasteiger partial charge in [-0.3, -0.25) is 10.1 Å². The molecule has 0 fully saturated rings. The molecule has 0 atom stereocenters. The molecule has 2 rings (SSSR count). The van der Waals surface area contributed by atoms with Gasteiger partial charge in [-0.25, -0.2) is 0 Å². The van der Waals surface area contributed by atoms with E-state index < -0.39 is 4.92 Å². The summed E-state index contributed by atoms with van der Waals surface area (Å²) in [4.78, 5) is 10.8. The topological polar surface area (TPSA) is 52.4 Å². The molecule has 0 aliphatic heterocycles. The second-order valence-electron chi connectivity index (χ2n) is 4.67. The van der Waals surface area contributed by atoms with Crippen molar-refractivity contribution in [1.29, 1.82) is 0 Å². The van der Waals surface area contributed by atoms with Crippen molar-refractivity contribution in [3.05, 3.63) is 62.2 Å². The molecule has 0 radical (unpaired) electrons. The lowest BCUT2D eigenvalue weighted by molar-refractivity contribution is -0.385. The highest BCUT2D eigenvalue weighted by Crippen LogP contribution is 2.38. The maximum absolute atomic E-state index is 11.2. The van der Waals surface area contributed by atoms with Crippen molar-refractivity contribution >= 4 is 33.2 Å². The molecule has 110 valence electrons. The van der Waals surface area contributed by atoms with Crippen molar-refractivity contribution in [3.63, 3.8) is 0 Å². The maximum atomic E-state index is 11.2. The third-order valence-electron chi connectivity index (χ3n) is 2.98. The average molecular weight is 371 g/mol. The van der Waals surface area contributed by atoms with Crippen LogP contribution in [0.5, 0.6) is 11.5 Å². The normalized spacial score (nSPS) is 10.5. The van der Waals surface area contributed by atoms with Crippen LogP contribution in [-0.4, -0.2) is 4.92 Å². The molecule has 6 heteroatoms. The Hall–Kier alpha value is -1.59. The van der Waals surface area contributed by atoms with Gasteiger partial charge in [0.1, 0.15) is 5.75 Å². The molecule has 0 saturated carbocycles. The van der Waals surface area contributed by atoms with Gasteiger partial charge in [0.2, 0.25) is 5.75 Å². The lowest BCUT2D eigenvalue weighted by Gasteiger charge is -2.13. The number of hydrogen-bond donors (Lipinski definition) is 0. The molecule has 0 unspecified atom stereocenters. The van der Waals surface area contributed by atoms with Crippen molar-refractivity contribution in [2.75, 3.05) is 0 Å². The summed E-state index contributed by atoms with van der Waals surface area (Å²) in [6, 6.07) is 8.58. The van der Waals surface area contributed by atoms with Crippen LogP contribution < -0.4 is 4.74 Å². The Morgan fingerprint density at radius 1 is 1.29 bits per heavy atom. The van der Waals surface area contributed by atoms with Crippen LogP contribution in [0, 0.1) is 24.0 Å². The minimum atomic E-state index is -0.437. The number of hydrogen-bond acceptors (Lipinski definition) is 3. The Kier molecular flexibility index (Phi) is 4.85. The zero-order chi connectivity index (χ0) is 15.6. The number of nitrogens with zero attached hydrogens (tertiary/aromatic N) is 1. The van der Waals surface area contributed by atoms with E-state index in [1.165, 1.54) is 6.07 Å². The molecular weight excluding hydrogens is 358 g/mol. The first-order chi connectivity index (χ1) is 9.92. The van der Waals surface area contributed by atoms with E-state index in [1.54, 1.807) is 19.1 Å². The number of nitro groups is 1. The van der Waals surface area contributed by atoms with Gasteiger partial charge in [-0.05, 0) is 37.1 Å². The van der Waals surface area contributed by atoms with E-state index in [4.69, 9.17) is 16.3 Å². The summed E-state index contributed by atoms with van der Waals surface area (Å²) in [7, 11) is 0. The van der Waals surface area contributed by atoms with Gasteiger partial charge in [-0.1, -0.05) is 39.7 Å². The first-order valence-electron chi connectivity index (χ1n) is 6.20. The molecule has 0 N–H and O–H groups in total. The van der Waals surface area contributed by atoms with Gasteiger partial charge in [-0.15, -0.1) is 0 Å². The second kappa shape index (κ2) is 6.45. The van der Waals surface area contributed by atoms with Crippen LogP contribution in [0.3, 0.4) is 0 Å². The van der Waals surface area contributed by atoms with E-state index in [0.29, 0.717) is 21.7 Å². The second-order valence-corrected chi connectivity index (χ2v) is 5.67. The first-order valence-corrected chi connectivity index (χ1v) is 7.70. The molecular formula is C15H13BrClNO3. The molecule has 0 aliphatic carbocycles. The summed E-state index contributed by atoms with van der Waals surface area (Å²) in [5, 5.41) is 12.3. The van der Waals surface area contributed by atoms with Crippen molar-refractivity contribution in [3.8, 4) is 11.5 Å². The van der Waals surface area contributed by atoms with Gasteiger partial charge in [0.25, 0.3) is 0 Å². The Morgan fingerprint density at radius 2 is 2.00 bits per heavy atom. The number of nitro benzene ring substituents is 1. The Morgan fingerprint density at radius 3 is 2.62 bits per heavy atom. The minimum absolute atomic E-state index is 0.0482. The fraction of sp³-hybridized carbons (Fsp3) is 0.200. The lowest BCUT2D eigenvalue weighted by atomic mass is 10.1. The van der Waals surface area contributed by atoms with Crippen LogP contribution in [0.2, 0.25) is 5.02 Å². The summed E-state index contributed by atoms with van der Waals surface area (Å²) >= 11 is 9.35. The SMILES string of the molecule is Cc1cc(C)c(Oc2cc(Cl)ccc2CBr)c([N+](=O)[O-])c1. The first kappa shape index (κ1) is 15.8. The van der Waals surface area contributed by atoms with Gasteiger partial charge in [0.15, 0.2) is 0 Å². The molecule has 0 bridgehead atoms. The number of ether oxygens (including phenoxy) is 1. The van der Waals surface area contributed by atoms with Gasteiger partial charge < -0.3 is 4.74 Å². The molecule has 0 saturated heterocycles. The fourth-order valence-corrected chi connectivity index (χ4v) is 2.67. The minimum Gasteiger partial charge on any atom is -0.449 e. The molecule has 0 heterocycles. The van der Waals surface area contributed by atoms with Crippen LogP contribution in [0.1, 0.15) is 16.7 Å². The standard InChI is InChI=1S/C15H13BrClNO3/c1-9-5-10(2)15(13(6-9)18(19)20)21-14-7-12(17)4-3-11(14)8-16/h3-7H,8H2,1-2H3. The summed E-state index contributed by atoms with van der Waals surface area (Å²) in [5.74, 6) is 0.754. The third-order valence-corrected chi connectivity index (χ3v) is 3.82. The van der Waals surface area contributed by atoms with Gasteiger partial charge >= 0.3 is 5.69 Å². The smallest absolute Gasteiger partial charge is 0.312 e. The number of halogens is 2. The molecule has 2 aromatic carbocycles. The summed E-state index contributed by atoms with van der Waals surface area (Å²) in [5.41, 5.74) is 2.35. The summed E-state index contributed by atoms with van der Waals surface area (Å²) < 4.78 is 5.80.